The molecule has 0 aromatic carbocycles. The van der Waals surface area contributed by atoms with Crippen molar-refractivity contribution in [3.8, 4) is 0 Å². The predicted molar refractivity (Wildman–Crippen MR) is 89.0 cm³/mol. The van der Waals surface area contributed by atoms with Gasteiger partial charge in [0.1, 0.15) is 23.8 Å². The van der Waals surface area contributed by atoms with Gasteiger partial charge in [0, 0.05) is 12.0 Å². The molecule has 2 N–H and O–H groups in total. The lowest BCUT2D eigenvalue weighted by Gasteiger charge is -2.10. The minimum atomic E-state index is -0.560. The monoisotopic (exact) mass is 347 g/mol. The maximum absolute atomic E-state index is 11.8. The van der Waals surface area contributed by atoms with E-state index >= 15 is 0 Å². The summed E-state index contributed by atoms with van der Waals surface area (Å²) in [5.74, 6) is 0.596. The summed E-state index contributed by atoms with van der Waals surface area (Å²) < 4.78 is 11.1. The van der Waals surface area contributed by atoms with Gasteiger partial charge in [0.25, 0.3) is 0 Å². The second-order valence-corrected chi connectivity index (χ2v) is 6.85. The van der Waals surface area contributed by atoms with Crippen LogP contribution in [0.25, 0.3) is 10.2 Å². The van der Waals surface area contributed by atoms with Gasteiger partial charge in [-0.25, -0.2) is 14.8 Å². The third kappa shape index (κ3) is 2.59. The van der Waals surface area contributed by atoms with Gasteiger partial charge in [-0.05, 0) is 31.2 Å². The highest BCUT2D eigenvalue weighted by Crippen LogP contribution is 2.37. The summed E-state index contributed by atoms with van der Waals surface area (Å²) in [5.41, 5.74) is 7.47. The van der Waals surface area contributed by atoms with Crippen LogP contribution in [-0.4, -0.2) is 26.9 Å². The first kappa shape index (κ1) is 15.3. The predicted octanol–water partition coefficient (Wildman–Crippen LogP) is 1.50. The number of nitrogens with zero attached hydrogens (tertiary/aromatic N) is 4. The third-order valence-corrected chi connectivity index (χ3v) is 5.28. The molecule has 3 aromatic heterocycles. The zero-order valence-corrected chi connectivity index (χ0v) is 14.1. The maximum Gasteiger partial charge on any atom is 0.437 e. The molecule has 8 nitrogen and oxygen atoms in total. The Labute approximate surface area is 141 Å². The molecular weight excluding hydrogens is 330 g/mol. The van der Waals surface area contributed by atoms with Crippen molar-refractivity contribution in [3.05, 3.63) is 32.7 Å². The van der Waals surface area contributed by atoms with E-state index in [0.717, 1.165) is 23.1 Å². The number of anilines is 1. The topological polar surface area (TPSA) is 109 Å². The number of thiophene rings is 1. The molecule has 1 aliphatic carbocycles. The summed E-state index contributed by atoms with van der Waals surface area (Å²) in [5, 5.41) is 5.04. The molecule has 0 unspecified atom stereocenters. The van der Waals surface area contributed by atoms with Crippen molar-refractivity contribution in [1.82, 2.24) is 19.7 Å². The van der Waals surface area contributed by atoms with E-state index in [4.69, 9.17) is 14.9 Å². The number of aromatic nitrogens is 4. The molecule has 24 heavy (non-hydrogen) atoms. The molecule has 3 heterocycles. The van der Waals surface area contributed by atoms with Crippen LogP contribution in [-0.2, 0) is 30.7 Å². The zero-order chi connectivity index (χ0) is 16.7. The fraction of sp³-hybridized carbons (Fsp3) is 0.467. The van der Waals surface area contributed by atoms with Crippen LogP contribution >= 0.6 is 11.3 Å². The van der Waals surface area contributed by atoms with Crippen LogP contribution in [0.4, 0.5) is 5.82 Å². The van der Waals surface area contributed by atoms with Crippen molar-refractivity contribution in [2.75, 3.05) is 12.8 Å². The van der Waals surface area contributed by atoms with E-state index in [0.29, 0.717) is 11.6 Å². The average Bonchev–Trinajstić information content (AvgIpc) is 3.08. The number of hydrogen-bond donors (Lipinski definition) is 1. The first-order chi connectivity index (χ1) is 11.7. The lowest BCUT2D eigenvalue weighted by atomic mass is 9.97. The molecule has 1 aliphatic rings. The SMILES string of the molecule is COCc1nn(Cc2nc(N)c3c4c(sc3n2)CCCC4)c(=O)o1. The second kappa shape index (κ2) is 5.99. The summed E-state index contributed by atoms with van der Waals surface area (Å²) in [6, 6.07) is 0. The van der Waals surface area contributed by atoms with Crippen LogP contribution in [0.2, 0.25) is 0 Å². The lowest BCUT2D eigenvalue weighted by Crippen LogP contribution is -2.18. The van der Waals surface area contributed by atoms with Crippen molar-refractivity contribution in [2.24, 2.45) is 0 Å². The Hall–Kier alpha value is -2.26. The first-order valence-corrected chi connectivity index (χ1v) is 8.59. The van der Waals surface area contributed by atoms with Crippen LogP contribution in [0.3, 0.4) is 0 Å². The zero-order valence-electron chi connectivity index (χ0n) is 13.2. The fourth-order valence-corrected chi connectivity index (χ4v) is 4.36. The van der Waals surface area contributed by atoms with Gasteiger partial charge in [-0.3, -0.25) is 0 Å². The van der Waals surface area contributed by atoms with E-state index in [1.54, 1.807) is 11.3 Å². The van der Waals surface area contributed by atoms with E-state index in [1.807, 2.05) is 0 Å². The number of methoxy groups -OCH3 is 1. The van der Waals surface area contributed by atoms with Gasteiger partial charge in [0.15, 0.2) is 5.82 Å². The Morgan fingerprint density at radius 1 is 1.33 bits per heavy atom. The highest BCUT2D eigenvalue weighted by Gasteiger charge is 2.20. The van der Waals surface area contributed by atoms with Crippen molar-refractivity contribution < 1.29 is 9.15 Å². The number of nitrogen functional groups attached to an aromatic ring is 1. The molecule has 0 radical (unpaired) electrons. The summed E-state index contributed by atoms with van der Waals surface area (Å²) in [6.07, 6.45) is 4.49. The van der Waals surface area contributed by atoms with Crippen LogP contribution in [0.15, 0.2) is 9.21 Å². The highest BCUT2D eigenvalue weighted by atomic mass is 32.1. The van der Waals surface area contributed by atoms with Crippen molar-refractivity contribution in [2.45, 2.75) is 38.8 Å². The standard InChI is InChI=1S/C15H17N5O3S/c1-22-7-11-19-20(15(21)23-11)6-10-17-13(16)12-8-4-2-3-5-9(8)24-14(12)18-10/h2-7H2,1H3,(H2,16,17,18). The molecule has 0 atom stereocenters. The fourth-order valence-electron chi connectivity index (χ4n) is 3.07. The van der Waals surface area contributed by atoms with Crippen molar-refractivity contribution >= 4 is 27.4 Å². The van der Waals surface area contributed by atoms with E-state index in [9.17, 15) is 4.79 Å². The van der Waals surface area contributed by atoms with Crippen LogP contribution in [0, 0.1) is 0 Å². The van der Waals surface area contributed by atoms with E-state index in [-0.39, 0.29) is 19.0 Å². The Morgan fingerprint density at radius 3 is 3.00 bits per heavy atom. The maximum atomic E-state index is 11.8. The largest absolute Gasteiger partial charge is 0.437 e. The van der Waals surface area contributed by atoms with Gasteiger partial charge < -0.3 is 14.9 Å². The van der Waals surface area contributed by atoms with Gasteiger partial charge in [-0.1, -0.05) is 0 Å². The normalized spacial score (nSPS) is 14.2. The van der Waals surface area contributed by atoms with Gasteiger partial charge in [0.2, 0.25) is 5.89 Å². The van der Waals surface area contributed by atoms with E-state index < -0.39 is 5.76 Å². The molecule has 0 aliphatic heterocycles. The molecule has 3 aromatic rings. The van der Waals surface area contributed by atoms with E-state index in [1.165, 1.54) is 35.1 Å². The Bertz CT molecular complexity index is 958. The minimum Gasteiger partial charge on any atom is -0.390 e. The molecule has 0 amide bonds. The molecular formula is C15H17N5O3S. The van der Waals surface area contributed by atoms with Crippen molar-refractivity contribution in [3.63, 3.8) is 0 Å². The van der Waals surface area contributed by atoms with E-state index in [2.05, 4.69) is 15.1 Å². The molecule has 4 rings (SSSR count). The number of aryl methyl sites for hydroxylation is 2. The van der Waals surface area contributed by atoms with Gasteiger partial charge in [-0.2, -0.15) is 4.68 Å². The molecule has 0 saturated carbocycles. The molecule has 0 fully saturated rings. The van der Waals surface area contributed by atoms with Gasteiger partial charge in [-0.15, -0.1) is 16.4 Å². The number of rotatable bonds is 4. The lowest BCUT2D eigenvalue weighted by molar-refractivity contribution is 0.158. The molecule has 126 valence electrons. The summed E-state index contributed by atoms with van der Waals surface area (Å²) in [7, 11) is 1.51. The summed E-state index contributed by atoms with van der Waals surface area (Å²) in [4.78, 5) is 23.0. The number of hydrogen-bond acceptors (Lipinski definition) is 8. The molecule has 9 heteroatoms. The van der Waals surface area contributed by atoms with Crippen molar-refractivity contribution in [1.29, 1.82) is 0 Å². The molecule has 0 spiro atoms. The van der Waals surface area contributed by atoms with Crippen LogP contribution in [0.5, 0.6) is 0 Å². The number of nitrogens with two attached hydrogens (primary N) is 1. The smallest absolute Gasteiger partial charge is 0.390 e. The Kier molecular flexibility index (Phi) is 3.81. The molecule has 0 bridgehead atoms. The molecule has 0 saturated heterocycles. The Morgan fingerprint density at radius 2 is 2.17 bits per heavy atom. The average molecular weight is 347 g/mol. The highest BCUT2D eigenvalue weighted by molar-refractivity contribution is 7.19. The number of ether oxygens (including phenoxy) is 1. The quantitative estimate of drug-likeness (QED) is 0.761. The summed E-state index contributed by atoms with van der Waals surface area (Å²) >= 11 is 1.67. The van der Waals surface area contributed by atoms with Gasteiger partial charge in [0.05, 0.1) is 5.39 Å². The Balaban J connectivity index is 1.71. The second-order valence-electron chi connectivity index (χ2n) is 5.77. The summed E-state index contributed by atoms with van der Waals surface area (Å²) in [6.45, 7) is 0.261. The van der Waals surface area contributed by atoms with Crippen LogP contribution in [0.1, 0.15) is 35.0 Å². The minimum absolute atomic E-state index is 0.120. The van der Waals surface area contributed by atoms with Crippen LogP contribution < -0.4 is 11.5 Å². The third-order valence-electron chi connectivity index (χ3n) is 4.10. The first-order valence-electron chi connectivity index (χ1n) is 7.78. The number of fused-ring (bicyclic) bond motifs is 3. The van der Waals surface area contributed by atoms with Gasteiger partial charge >= 0.3 is 5.76 Å².